The maximum Gasteiger partial charge on any atom is 0.416 e. The molecule has 0 radical (unpaired) electrons. The Labute approximate surface area is 193 Å². The Bertz CT molecular complexity index is 1240. The fourth-order valence-corrected chi connectivity index (χ4v) is 3.34. The first-order valence-electron chi connectivity index (χ1n) is 9.32. The second kappa shape index (κ2) is 10.1. The van der Waals surface area contributed by atoms with Crippen LogP contribution in [0, 0.1) is 10.1 Å². The number of alkyl halides is 3. The average molecular weight is 493 g/mol. The first-order valence-corrected chi connectivity index (χ1v) is 10.2. The van der Waals surface area contributed by atoms with E-state index in [0.717, 1.165) is 6.07 Å². The van der Waals surface area contributed by atoms with Crippen molar-refractivity contribution in [1.82, 2.24) is 0 Å². The predicted molar refractivity (Wildman–Crippen MR) is 116 cm³/mol. The number of carbonyl (C=O) groups is 3. The molecular formula is C21H14F3N3O6S. The molecule has 0 aliphatic heterocycles. The van der Waals surface area contributed by atoms with Gasteiger partial charge in [0.1, 0.15) is 5.69 Å². The number of benzene rings is 2. The smallest absolute Gasteiger partial charge is 0.416 e. The van der Waals surface area contributed by atoms with Crippen molar-refractivity contribution in [3.05, 3.63) is 86.1 Å². The van der Waals surface area contributed by atoms with Crippen LogP contribution in [0.3, 0.4) is 0 Å². The number of rotatable bonds is 7. The zero-order valence-corrected chi connectivity index (χ0v) is 17.7. The Balaban J connectivity index is 1.67. The van der Waals surface area contributed by atoms with E-state index in [9.17, 15) is 37.7 Å². The van der Waals surface area contributed by atoms with Gasteiger partial charge in [0.05, 0.1) is 26.6 Å². The van der Waals surface area contributed by atoms with Crippen LogP contribution in [0.1, 0.15) is 25.6 Å². The van der Waals surface area contributed by atoms with Gasteiger partial charge in [-0.2, -0.15) is 13.2 Å². The number of nitrogens with one attached hydrogen (secondary N) is 2. The number of anilines is 2. The number of hydrogen-bond acceptors (Lipinski definition) is 7. The molecule has 176 valence electrons. The molecule has 0 fully saturated rings. The minimum Gasteiger partial charge on any atom is -0.452 e. The van der Waals surface area contributed by atoms with Crippen molar-refractivity contribution in [2.24, 2.45) is 0 Å². The van der Waals surface area contributed by atoms with Crippen LogP contribution in [0.15, 0.2) is 60.0 Å². The first kappa shape index (κ1) is 24.4. The number of carbonyl (C=O) groups excluding carboxylic acids is 3. The van der Waals surface area contributed by atoms with Gasteiger partial charge < -0.3 is 15.4 Å². The summed E-state index contributed by atoms with van der Waals surface area (Å²) in [4.78, 5) is 47.2. The standard InChI is InChI=1S/C21H14F3N3O6S/c22-21(23,24)12-7-8-15(16(10-12)27(31)32)25-18(28)11-33-20(30)13-4-1-2-5-14(13)26-19(29)17-6-3-9-34-17/h1-10H,11H2,(H,25,28)(H,26,29). The average Bonchev–Trinajstić information content (AvgIpc) is 3.32. The van der Waals surface area contributed by atoms with E-state index in [-0.39, 0.29) is 17.3 Å². The van der Waals surface area contributed by atoms with Crippen molar-refractivity contribution in [1.29, 1.82) is 0 Å². The molecule has 9 nitrogen and oxygen atoms in total. The molecule has 0 aliphatic rings. The maximum absolute atomic E-state index is 12.8. The number of hydrogen-bond donors (Lipinski definition) is 2. The molecule has 1 heterocycles. The van der Waals surface area contributed by atoms with Gasteiger partial charge in [-0.05, 0) is 35.7 Å². The highest BCUT2D eigenvalue weighted by molar-refractivity contribution is 7.12. The lowest BCUT2D eigenvalue weighted by molar-refractivity contribution is -0.384. The molecule has 0 saturated heterocycles. The van der Waals surface area contributed by atoms with Crippen molar-refractivity contribution in [3.8, 4) is 0 Å². The van der Waals surface area contributed by atoms with E-state index in [1.807, 2.05) is 5.32 Å². The van der Waals surface area contributed by atoms with E-state index in [1.165, 1.54) is 29.5 Å². The zero-order chi connectivity index (χ0) is 24.9. The number of ether oxygens (including phenoxy) is 1. The van der Waals surface area contributed by atoms with Gasteiger partial charge >= 0.3 is 12.1 Å². The van der Waals surface area contributed by atoms with Gasteiger partial charge in [0, 0.05) is 6.07 Å². The van der Waals surface area contributed by atoms with Crippen molar-refractivity contribution in [3.63, 3.8) is 0 Å². The van der Waals surface area contributed by atoms with Gasteiger partial charge in [0.15, 0.2) is 6.61 Å². The molecule has 2 aromatic carbocycles. The van der Waals surface area contributed by atoms with Crippen molar-refractivity contribution >= 4 is 46.2 Å². The normalized spacial score (nSPS) is 10.9. The van der Waals surface area contributed by atoms with Crippen molar-refractivity contribution < 1.29 is 37.2 Å². The Morgan fingerprint density at radius 3 is 2.38 bits per heavy atom. The Kier molecular flexibility index (Phi) is 7.26. The molecular weight excluding hydrogens is 479 g/mol. The lowest BCUT2D eigenvalue weighted by Gasteiger charge is -2.11. The van der Waals surface area contributed by atoms with Crippen molar-refractivity contribution in [2.45, 2.75) is 6.18 Å². The molecule has 1 aromatic heterocycles. The lowest BCUT2D eigenvalue weighted by Crippen LogP contribution is -2.22. The molecule has 0 atom stereocenters. The Morgan fingerprint density at radius 2 is 1.74 bits per heavy atom. The molecule has 0 saturated carbocycles. The molecule has 0 spiro atoms. The topological polar surface area (TPSA) is 128 Å². The molecule has 2 N–H and O–H groups in total. The Hall–Kier alpha value is -4.26. The Morgan fingerprint density at radius 1 is 1.00 bits per heavy atom. The van der Waals surface area contributed by atoms with E-state index in [0.29, 0.717) is 10.9 Å². The summed E-state index contributed by atoms with van der Waals surface area (Å²) in [5, 5.41) is 17.4. The molecule has 3 rings (SSSR count). The third kappa shape index (κ3) is 5.95. The molecule has 0 bridgehead atoms. The summed E-state index contributed by atoms with van der Waals surface area (Å²) in [6, 6.07) is 10.7. The molecule has 13 heteroatoms. The van der Waals surface area contributed by atoms with Gasteiger partial charge in [0.25, 0.3) is 17.5 Å². The van der Waals surface area contributed by atoms with Gasteiger partial charge in [-0.1, -0.05) is 18.2 Å². The zero-order valence-electron chi connectivity index (χ0n) is 16.9. The number of nitro benzene ring substituents is 1. The van der Waals surface area contributed by atoms with Crippen LogP contribution >= 0.6 is 11.3 Å². The number of esters is 1. The van der Waals surface area contributed by atoms with Crippen LogP contribution in [0.4, 0.5) is 30.2 Å². The summed E-state index contributed by atoms with van der Waals surface area (Å²) >= 11 is 1.19. The fourth-order valence-electron chi connectivity index (χ4n) is 2.72. The van der Waals surface area contributed by atoms with Gasteiger partial charge in [0.2, 0.25) is 0 Å². The van der Waals surface area contributed by atoms with E-state index in [4.69, 9.17) is 4.74 Å². The molecule has 2 amide bonds. The maximum atomic E-state index is 12.8. The van der Waals surface area contributed by atoms with Gasteiger partial charge in [-0.3, -0.25) is 19.7 Å². The number of amides is 2. The highest BCUT2D eigenvalue weighted by Gasteiger charge is 2.33. The summed E-state index contributed by atoms with van der Waals surface area (Å²) < 4.78 is 43.3. The molecule has 3 aromatic rings. The van der Waals surface area contributed by atoms with Crippen molar-refractivity contribution in [2.75, 3.05) is 17.2 Å². The van der Waals surface area contributed by atoms with Crippen LogP contribution in [0.2, 0.25) is 0 Å². The minimum atomic E-state index is -4.81. The van der Waals surface area contributed by atoms with E-state index >= 15 is 0 Å². The quantitative estimate of drug-likeness (QED) is 0.278. The first-order chi connectivity index (χ1) is 16.1. The third-order valence-corrected chi connectivity index (χ3v) is 5.14. The highest BCUT2D eigenvalue weighted by Crippen LogP contribution is 2.35. The molecule has 0 aliphatic carbocycles. The van der Waals surface area contributed by atoms with Gasteiger partial charge in [-0.25, -0.2) is 4.79 Å². The SMILES string of the molecule is O=C(COC(=O)c1ccccc1NC(=O)c1cccs1)Nc1ccc(C(F)(F)F)cc1[N+](=O)[O-]. The number of nitro groups is 1. The number of halogens is 3. The second-order valence-corrected chi connectivity index (χ2v) is 7.54. The highest BCUT2D eigenvalue weighted by atomic mass is 32.1. The van der Waals surface area contributed by atoms with Crippen LogP contribution in [0.5, 0.6) is 0 Å². The number of para-hydroxylation sites is 1. The third-order valence-electron chi connectivity index (χ3n) is 4.27. The van der Waals surface area contributed by atoms with E-state index in [2.05, 4.69) is 5.32 Å². The van der Waals surface area contributed by atoms with Crippen LogP contribution in [-0.2, 0) is 15.7 Å². The summed E-state index contributed by atoms with van der Waals surface area (Å²) in [6.45, 7) is -0.885. The fraction of sp³-hybridized carbons (Fsp3) is 0.0952. The van der Waals surface area contributed by atoms with Crippen LogP contribution in [0.25, 0.3) is 0 Å². The minimum absolute atomic E-state index is 0.0549. The largest absolute Gasteiger partial charge is 0.452 e. The summed E-state index contributed by atoms with van der Waals surface area (Å²) in [6.07, 6.45) is -4.81. The molecule has 0 unspecified atom stereocenters. The lowest BCUT2D eigenvalue weighted by atomic mass is 10.1. The monoisotopic (exact) mass is 493 g/mol. The van der Waals surface area contributed by atoms with Crippen LogP contribution < -0.4 is 10.6 Å². The molecule has 34 heavy (non-hydrogen) atoms. The summed E-state index contributed by atoms with van der Waals surface area (Å²) in [5.74, 6) is -2.45. The predicted octanol–water partition coefficient (Wildman–Crippen LogP) is 4.72. The number of thiophene rings is 1. The number of nitrogens with zero attached hydrogens (tertiary/aromatic N) is 1. The van der Waals surface area contributed by atoms with Crippen LogP contribution in [-0.4, -0.2) is 29.3 Å². The second-order valence-electron chi connectivity index (χ2n) is 6.59. The van der Waals surface area contributed by atoms with E-state index in [1.54, 1.807) is 23.6 Å². The van der Waals surface area contributed by atoms with E-state index < -0.39 is 52.4 Å². The summed E-state index contributed by atoms with van der Waals surface area (Å²) in [7, 11) is 0. The van der Waals surface area contributed by atoms with Gasteiger partial charge in [-0.15, -0.1) is 11.3 Å². The summed E-state index contributed by atoms with van der Waals surface area (Å²) in [5.41, 5.74) is -2.66.